The van der Waals surface area contributed by atoms with Crippen LogP contribution in [0.15, 0.2) is 42.6 Å². The maximum absolute atomic E-state index is 12.4. The van der Waals surface area contributed by atoms with Crippen LogP contribution in [0.3, 0.4) is 0 Å². The van der Waals surface area contributed by atoms with Crippen molar-refractivity contribution in [2.75, 3.05) is 31.6 Å². The summed E-state index contributed by atoms with van der Waals surface area (Å²) >= 11 is 0. The summed E-state index contributed by atoms with van der Waals surface area (Å²) in [7, 11) is 1.59. The van der Waals surface area contributed by atoms with Crippen LogP contribution in [0.4, 0.5) is 5.69 Å². The van der Waals surface area contributed by atoms with Crippen LogP contribution < -0.4 is 15.0 Å². The van der Waals surface area contributed by atoms with Gasteiger partial charge in [0, 0.05) is 37.2 Å². The predicted octanol–water partition coefficient (Wildman–Crippen LogP) is 3.05. The quantitative estimate of drug-likeness (QED) is 0.910. The van der Waals surface area contributed by atoms with E-state index in [0.717, 1.165) is 31.6 Å². The average Bonchev–Trinajstić information content (AvgIpc) is 2.66. The molecule has 1 saturated heterocycles. The van der Waals surface area contributed by atoms with Crippen molar-refractivity contribution in [2.24, 2.45) is 5.92 Å². The Morgan fingerprint density at radius 2 is 2.04 bits per heavy atom. The monoisotopic (exact) mass is 339 g/mol. The van der Waals surface area contributed by atoms with Gasteiger partial charge in [-0.1, -0.05) is 12.1 Å². The molecule has 1 aromatic heterocycles. The standard InChI is InChI=1S/C20H25N3O2/c1-15-13-17(7-10-21-15)23-11-8-16(9-12-23)14-22-20(24)18-5-3-4-6-19(18)25-2/h3-7,10,13,16H,8-9,11-12,14H2,1-2H3,(H,22,24). The number of hydrogen-bond acceptors (Lipinski definition) is 4. The molecule has 0 bridgehead atoms. The van der Waals surface area contributed by atoms with Crippen LogP contribution in [-0.2, 0) is 0 Å². The summed E-state index contributed by atoms with van der Waals surface area (Å²) in [6.07, 6.45) is 4.02. The highest BCUT2D eigenvalue weighted by atomic mass is 16.5. The van der Waals surface area contributed by atoms with E-state index in [4.69, 9.17) is 4.74 Å². The molecule has 0 unspecified atom stereocenters. The first-order chi connectivity index (χ1) is 12.2. The van der Waals surface area contributed by atoms with Crippen LogP contribution in [0.1, 0.15) is 28.9 Å². The Morgan fingerprint density at radius 1 is 1.28 bits per heavy atom. The normalized spacial score (nSPS) is 15.0. The van der Waals surface area contributed by atoms with Crippen LogP contribution >= 0.6 is 0 Å². The molecular weight excluding hydrogens is 314 g/mol. The van der Waals surface area contributed by atoms with E-state index < -0.39 is 0 Å². The Labute approximate surface area is 149 Å². The largest absolute Gasteiger partial charge is 0.496 e. The van der Waals surface area contributed by atoms with Gasteiger partial charge in [-0.3, -0.25) is 9.78 Å². The maximum Gasteiger partial charge on any atom is 0.255 e. The molecule has 1 aromatic carbocycles. The molecule has 1 aliphatic heterocycles. The second kappa shape index (κ2) is 8.01. The lowest BCUT2D eigenvalue weighted by molar-refractivity contribution is 0.0942. The number of aromatic nitrogens is 1. The number of methoxy groups -OCH3 is 1. The minimum atomic E-state index is -0.0651. The van der Waals surface area contributed by atoms with Crippen molar-refractivity contribution in [3.63, 3.8) is 0 Å². The van der Waals surface area contributed by atoms with E-state index in [9.17, 15) is 4.79 Å². The van der Waals surface area contributed by atoms with Crippen molar-refractivity contribution in [3.05, 3.63) is 53.9 Å². The first kappa shape index (κ1) is 17.3. The molecule has 2 heterocycles. The zero-order valence-corrected chi connectivity index (χ0v) is 14.9. The molecular formula is C20H25N3O2. The number of piperidine rings is 1. The first-order valence-electron chi connectivity index (χ1n) is 8.76. The van der Waals surface area contributed by atoms with Crippen molar-refractivity contribution in [3.8, 4) is 5.75 Å². The molecule has 1 N–H and O–H groups in total. The van der Waals surface area contributed by atoms with E-state index in [1.807, 2.05) is 31.3 Å². The number of nitrogens with zero attached hydrogens (tertiary/aromatic N) is 2. The number of carbonyl (C=O) groups is 1. The smallest absolute Gasteiger partial charge is 0.255 e. The number of para-hydroxylation sites is 1. The molecule has 5 heteroatoms. The van der Waals surface area contributed by atoms with Crippen LogP contribution in [-0.4, -0.2) is 37.6 Å². The summed E-state index contributed by atoms with van der Waals surface area (Å²) in [5.74, 6) is 1.06. The van der Waals surface area contributed by atoms with E-state index in [2.05, 4.69) is 27.3 Å². The number of pyridine rings is 1. The van der Waals surface area contributed by atoms with Crippen LogP contribution in [0.25, 0.3) is 0 Å². The van der Waals surface area contributed by atoms with Gasteiger partial charge in [-0.15, -0.1) is 0 Å². The summed E-state index contributed by atoms with van der Waals surface area (Å²) < 4.78 is 5.26. The molecule has 0 atom stereocenters. The van der Waals surface area contributed by atoms with Gasteiger partial charge in [0.2, 0.25) is 0 Å². The topological polar surface area (TPSA) is 54.5 Å². The molecule has 1 aliphatic rings. The highest BCUT2D eigenvalue weighted by Gasteiger charge is 2.21. The third kappa shape index (κ3) is 4.29. The zero-order chi connectivity index (χ0) is 17.6. The average molecular weight is 339 g/mol. The molecule has 1 amide bonds. The molecule has 5 nitrogen and oxygen atoms in total. The fourth-order valence-corrected chi connectivity index (χ4v) is 3.29. The van der Waals surface area contributed by atoms with Gasteiger partial charge < -0.3 is 15.0 Å². The first-order valence-corrected chi connectivity index (χ1v) is 8.76. The van der Waals surface area contributed by atoms with Crippen molar-refractivity contribution in [1.82, 2.24) is 10.3 Å². The lowest BCUT2D eigenvalue weighted by Gasteiger charge is -2.33. The van der Waals surface area contributed by atoms with Crippen molar-refractivity contribution in [1.29, 1.82) is 0 Å². The number of carbonyl (C=O) groups excluding carboxylic acids is 1. The molecule has 132 valence electrons. The fourth-order valence-electron chi connectivity index (χ4n) is 3.29. The SMILES string of the molecule is COc1ccccc1C(=O)NCC1CCN(c2ccnc(C)c2)CC1. The number of aryl methyl sites for hydroxylation is 1. The minimum absolute atomic E-state index is 0.0651. The second-order valence-electron chi connectivity index (χ2n) is 6.50. The van der Waals surface area contributed by atoms with Crippen molar-refractivity contribution in [2.45, 2.75) is 19.8 Å². The van der Waals surface area contributed by atoms with Gasteiger partial charge in [0.25, 0.3) is 5.91 Å². The Kier molecular flexibility index (Phi) is 5.53. The summed E-state index contributed by atoms with van der Waals surface area (Å²) in [4.78, 5) is 19.0. The molecule has 0 radical (unpaired) electrons. The van der Waals surface area contributed by atoms with Gasteiger partial charge in [0.05, 0.1) is 12.7 Å². The molecule has 1 fully saturated rings. The van der Waals surface area contributed by atoms with Crippen LogP contribution in [0.2, 0.25) is 0 Å². The summed E-state index contributed by atoms with van der Waals surface area (Å²) in [5, 5.41) is 3.06. The fraction of sp³-hybridized carbons (Fsp3) is 0.400. The number of anilines is 1. The van der Waals surface area contributed by atoms with E-state index in [0.29, 0.717) is 23.8 Å². The number of amides is 1. The number of benzene rings is 1. The van der Waals surface area contributed by atoms with Gasteiger partial charge in [-0.05, 0) is 49.9 Å². The highest BCUT2D eigenvalue weighted by Crippen LogP contribution is 2.23. The van der Waals surface area contributed by atoms with Gasteiger partial charge in [0.15, 0.2) is 0 Å². The van der Waals surface area contributed by atoms with Crippen molar-refractivity contribution >= 4 is 11.6 Å². The maximum atomic E-state index is 12.4. The predicted molar refractivity (Wildman–Crippen MR) is 99.2 cm³/mol. The van der Waals surface area contributed by atoms with Gasteiger partial charge in [0.1, 0.15) is 5.75 Å². The van der Waals surface area contributed by atoms with E-state index in [1.54, 1.807) is 13.2 Å². The summed E-state index contributed by atoms with van der Waals surface area (Å²) in [6, 6.07) is 11.5. The third-order valence-electron chi connectivity index (χ3n) is 4.76. The number of rotatable bonds is 5. The number of ether oxygens (including phenoxy) is 1. The Bertz CT molecular complexity index is 724. The number of nitrogens with one attached hydrogen (secondary N) is 1. The summed E-state index contributed by atoms with van der Waals surface area (Å²) in [6.45, 7) is 4.75. The lowest BCUT2D eigenvalue weighted by Crippen LogP contribution is -2.38. The second-order valence-corrected chi connectivity index (χ2v) is 6.50. The van der Waals surface area contributed by atoms with E-state index in [-0.39, 0.29) is 5.91 Å². The summed E-state index contributed by atoms with van der Waals surface area (Å²) in [5.41, 5.74) is 2.88. The van der Waals surface area contributed by atoms with Gasteiger partial charge in [-0.2, -0.15) is 0 Å². The van der Waals surface area contributed by atoms with E-state index >= 15 is 0 Å². The third-order valence-corrected chi connectivity index (χ3v) is 4.76. The Hall–Kier alpha value is -2.56. The zero-order valence-electron chi connectivity index (χ0n) is 14.9. The minimum Gasteiger partial charge on any atom is -0.496 e. The van der Waals surface area contributed by atoms with E-state index in [1.165, 1.54) is 5.69 Å². The Balaban J connectivity index is 1.50. The molecule has 3 rings (SSSR count). The van der Waals surface area contributed by atoms with Crippen LogP contribution in [0.5, 0.6) is 5.75 Å². The molecule has 0 spiro atoms. The van der Waals surface area contributed by atoms with Gasteiger partial charge >= 0.3 is 0 Å². The molecule has 25 heavy (non-hydrogen) atoms. The lowest BCUT2D eigenvalue weighted by atomic mass is 9.96. The molecule has 0 aliphatic carbocycles. The van der Waals surface area contributed by atoms with Gasteiger partial charge in [-0.25, -0.2) is 0 Å². The Morgan fingerprint density at radius 3 is 2.76 bits per heavy atom. The molecule has 2 aromatic rings. The van der Waals surface area contributed by atoms with Crippen LogP contribution in [0, 0.1) is 12.8 Å². The van der Waals surface area contributed by atoms with Crippen molar-refractivity contribution < 1.29 is 9.53 Å². The highest BCUT2D eigenvalue weighted by molar-refractivity contribution is 5.96. The molecule has 0 saturated carbocycles. The number of hydrogen-bond donors (Lipinski definition) is 1.